The van der Waals surface area contributed by atoms with Crippen molar-refractivity contribution in [1.82, 2.24) is 0 Å². The van der Waals surface area contributed by atoms with Crippen LogP contribution < -0.4 is 0 Å². The van der Waals surface area contributed by atoms with Crippen molar-refractivity contribution >= 4 is 12.2 Å². The molecular weight excluding hydrogens is 156 g/mol. The van der Waals surface area contributed by atoms with Gasteiger partial charge in [-0.1, -0.05) is 49.9 Å². The molecule has 1 aromatic rings. The molecule has 0 aliphatic rings. The Morgan fingerprint density at radius 2 is 2.15 bits per heavy atom. The van der Waals surface area contributed by atoms with Gasteiger partial charge in [0.25, 0.3) is 0 Å². The summed E-state index contributed by atoms with van der Waals surface area (Å²) in [5.74, 6) is 0. The molecule has 0 saturated heterocycles. The predicted octanol–water partition coefficient (Wildman–Crippen LogP) is 3.93. The van der Waals surface area contributed by atoms with Crippen molar-refractivity contribution in [2.24, 2.45) is 0 Å². The van der Waals surface area contributed by atoms with Gasteiger partial charge in [0.2, 0.25) is 0 Å². The van der Waals surface area contributed by atoms with Crippen LogP contribution in [0.1, 0.15) is 30.5 Å². The Kier molecular flexibility index (Phi) is 3.51. The number of aryl methyl sites for hydroxylation is 1. The topological polar surface area (TPSA) is 0 Å². The highest BCUT2D eigenvalue weighted by atomic mass is 14.0. The maximum Gasteiger partial charge on any atom is -0.0156 e. The van der Waals surface area contributed by atoms with Crippen LogP contribution in [0, 0.1) is 0 Å². The molecule has 68 valence electrons. The molecule has 0 saturated carbocycles. The van der Waals surface area contributed by atoms with Crippen LogP contribution in [-0.4, -0.2) is 0 Å². The van der Waals surface area contributed by atoms with Gasteiger partial charge in [0, 0.05) is 0 Å². The molecule has 1 aromatic carbocycles. The van der Waals surface area contributed by atoms with Crippen LogP contribution in [0.3, 0.4) is 0 Å². The van der Waals surface area contributed by atoms with Gasteiger partial charge in [-0.15, -0.1) is 0 Å². The van der Waals surface area contributed by atoms with Crippen LogP contribution in [0.2, 0.25) is 0 Å². The number of benzene rings is 1. The van der Waals surface area contributed by atoms with E-state index in [0.29, 0.717) is 0 Å². The van der Waals surface area contributed by atoms with E-state index in [0.717, 1.165) is 6.42 Å². The van der Waals surface area contributed by atoms with E-state index in [1.165, 1.54) is 16.7 Å². The maximum absolute atomic E-state index is 3.82. The summed E-state index contributed by atoms with van der Waals surface area (Å²) in [6.07, 6.45) is 7.20. The monoisotopic (exact) mass is 172 g/mol. The molecule has 0 aromatic heterocycles. The molecular formula is C13H16. The van der Waals surface area contributed by atoms with Gasteiger partial charge in [-0.3, -0.25) is 0 Å². The second-order valence-electron chi connectivity index (χ2n) is 2.98. The summed E-state index contributed by atoms with van der Waals surface area (Å²) < 4.78 is 0. The Balaban J connectivity index is 3.28. The summed E-state index contributed by atoms with van der Waals surface area (Å²) in [5, 5.41) is 0. The zero-order valence-electron chi connectivity index (χ0n) is 8.38. The number of allylic oxidation sites excluding steroid dienone is 1. The van der Waals surface area contributed by atoms with Crippen LogP contribution in [0.4, 0.5) is 0 Å². The first-order valence-electron chi connectivity index (χ1n) is 4.70. The molecule has 13 heavy (non-hydrogen) atoms. The lowest BCUT2D eigenvalue weighted by Crippen LogP contribution is -1.89. The van der Waals surface area contributed by atoms with Crippen molar-refractivity contribution in [2.45, 2.75) is 20.3 Å². The maximum atomic E-state index is 3.82. The van der Waals surface area contributed by atoms with Crippen molar-refractivity contribution in [2.75, 3.05) is 0 Å². The molecule has 0 radical (unpaired) electrons. The smallest absolute Gasteiger partial charge is 0.0156 e. The molecule has 0 spiro atoms. The van der Waals surface area contributed by atoms with Crippen LogP contribution in [0.5, 0.6) is 0 Å². The summed E-state index contributed by atoms with van der Waals surface area (Å²) in [7, 11) is 0. The molecule has 0 aliphatic heterocycles. The highest BCUT2D eigenvalue weighted by Gasteiger charge is 2.00. The molecule has 1 rings (SSSR count). The fraction of sp³-hybridized carbons (Fsp3) is 0.231. The summed E-state index contributed by atoms with van der Waals surface area (Å²) in [5.41, 5.74) is 3.91. The third-order valence-corrected chi connectivity index (χ3v) is 2.16. The van der Waals surface area contributed by atoms with Gasteiger partial charge in [0.05, 0.1) is 0 Å². The largest absolute Gasteiger partial charge is 0.0984 e. The van der Waals surface area contributed by atoms with E-state index in [-0.39, 0.29) is 0 Å². The first-order valence-corrected chi connectivity index (χ1v) is 4.70. The van der Waals surface area contributed by atoms with E-state index in [1.807, 2.05) is 13.0 Å². The van der Waals surface area contributed by atoms with Crippen molar-refractivity contribution in [1.29, 1.82) is 0 Å². The second-order valence-corrected chi connectivity index (χ2v) is 2.98. The Bertz CT molecular complexity index is 319. The second kappa shape index (κ2) is 4.66. The molecule has 0 nitrogen and oxygen atoms in total. The van der Waals surface area contributed by atoms with Crippen molar-refractivity contribution in [3.63, 3.8) is 0 Å². The number of hydrogen-bond donors (Lipinski definition) is 0. The van der Waals surface area contributed by atoms with Crippen molar-refractivity contribution in [3.05, 3.63) is 47.5 Å². The Morgan fingerprint density at radius 1 is 1.38 bits per heavy atom. The van der Waals surface area contributed by atoms with Crippen LogP contribution in [-0.2, 0) is 6.42 Å². The van der Waals surface area contributed by atoms with Gasteiger partial charge in [-0.05, 0) is 30.0 Å². The third kappa shape index (κ3) is 2.09. The van der Waals surface area contributed by atoms with E-state index >= 15 is 0 Å². The number of rotatable bonds is 3. The summed E-state index contributed by atoms with van der Waals surface area (Å²) in [6, 6.07) is 6.35. The van der Waals surface area contributed by atoms with E-state index in [4.69, 9.17) is 0 Å². The molecule has 0 amide bonds. The molecule has 0 atom stereocenters. The van der Waals surface area contributed by atoms with E-state index in [9.17, 15) is 0 Å². The van der Waals surface area contributed by atoms with Gasteiger partial charge < -0.3 is 0 Å². The van der Waals surface area contributed by atoms with Crippen molar-refractivity contribution < 1.29 is 0 Å². The molecule has 0 bridgehead atoms. The molecule has 0 heteroatoms. The van der Waals surface area contributed by atoms with Crippen LogP contribution in [0.25, 0.3) is 12.2 Å². The predicted molar refractivity (Wildman–Crippen MR) is 60.6 cm³/mol. The minimum Gasteiger partial charge on any atom is -0.0984 e. The average Bonchev–Trinajstić information content (AvgIpc) is 2.18. The summed E-state index contributed by atoms with van der Waals surface area (Å²) >= 11 is 0. The lowest BCUT2D eigenvalue weighted by molar-refractivity contribution is 1.13. The molecule has 0 fully saturated rings. The first kappa shape index (κ1) is 9.79. The lowest BCUT2D eigenvalue weighted by atomic mass is 9.99. The molecule has 0 unspecified atom stereocenters. The lowest BCUT2D eigenvalue weighted by Gasteiger charge is -2.06. The zero-order chi connectivity index (χ0) is 9.68. The standard InChI is InChI=1S/C13H16/c1-4-8-13-11(5-2)9-7-10-12(13)6-3/h4-5,7-10H,2,6H2,1,3H3/b8-4-. The fourth-order valence-corrected chi connectivity index (χ4v) is 1.49. The Morgan fingerprint density at radius 3 is 2.69 bits per heavy atom. The van der Waals surface area contributed by atoms with Crippen molar-refractivity contribution in [3.8, 4) is 0 Å². The molecule has 0 heterocycles. The highest BCUT2D eigenvalue weighted by Crippen LogP contribution is 2.18. The summed E-state index contributed by atoms with van der Waals surface area (Å²) in [6.45, 7) is 8.03. The minimum atomic E-state index is 1.07. The fourth-order valence-electron chi connectivity index (χ4n) is 1.49. The number of hydrogen-bond acceptors (Lipinski definition) is 0. The first-order chi connectivity index (χ1) is 6.33. The molecule has 0 aliphatic carbocycles. The molecule has 0 N–H and O–H groups in total. The normalized spacial score (nSPS) is 10.6. The van der Waals surface area contributed by atoms with Gasteiger partial charge in [0.15, 0.2) is 0 Å². The van der Waals surface area contributed by atoms with E-state index in [2.05, 4.69) is 43.9 Å². The van der Waals surface area contributed by atoms with Crippen LogP contribution in [0.15, 0.2) is 30.9 Å². The third-order valence-electron chi connectivity index (χ3n) is 2.16. The van der Waals surface area contributed by atoms with Gasteiger partial charge in [-0.25, -0.2) is 0 Å². The average molecular weight is 172 g/mol. The SMILES string of the molecule is C=Cc1cccc(CC)c1/C=C\C. The Labute approximate surface area is 80.6 Å². The highest BCUT2D eigenvalue weighted by molar-refractivity contribution is 5.67. The van der Waals surface area contributed by atoms with Gasteiger partial charge in [-0.2, -0.15) is 0 Å². The van der Waals surface area contributed by atoms with Gasteiger partial charge >= 0.3 is 0 Å². The quantitative estimate of drug-likeness (QED) is 0.648. The zero-order valence-corrected chi connectivity index (χ0v) is 8.38. The van der Waals surface area contributed by atoms with E-state index in [1.54, 1.807) is 0 Å². The van der Waals surface area contributed by atoms with Gasteiger partial charge in [0.1, 0.15) is 0 Å². The summed E-state index contributed by atoms with van der Waals surface area (Å²) in [4.78, 5) is 0. The van der Waals surface area contributed by atoms with E-state index < -0.39 is 0 Å². The minimum absolute atomic E-state index is 1.07. The Hall–Kier alpha value is -1.30. The van der Waals surface area contributed by atoms with Crippen LogP contribution >= 0.6 is 0 Å².